The van der Waals surface area contributed by atoms with Gasteiger partial charge >= 0.3 is 0 Å². The van der Waals surface area contributed by atoms with Gasteiger partial charge in [0.05, 0.1) is 20.9 Å². The Bertz CT molecular complexity index is 1070. The minimum atomic E-state index is 0.305. The summed E-state index contributed by atoms with van der Waals surface area (Å²) in [6.45, 7) is 1.86. The Morgan fingerprint density at radius 2 is 1.97 bits per heavy atom. The highest BCUT2D eigenvalue weighted by Crippen LogP contribution is 2.47. The lowest BCUT2D eigenvalue weighted by atomic mass is 10.2. The molecular weight excluding hydrogens is 398 g/mol. The second-order valence-corrected chi connectivity index (χ2v) is 9.10. The van der Waals surface area contributed by atoms with Crippen LogP contribution in [0.15, 0.2) is 76.7 Å². The van der Waals surface area contributed by atoms with Crippen LogP contribution in [0.1, 0.15) is 5.01 Å². The fraction of sp³-hybridized carbons (Fsp3) is 0.174. The minimum absolute atomic E-state index is 0.305. The van der Waals surface area contributed by atoms with Gasteiger partial charge in [-0.1, -0.05) is 42.1 Å². The largest absolute Gasteiger partial charge is 0.508 e. The number of thioether (sulfide) groups is 1. The topological polar surface area (TPSA) is 39.6 Å². The fourth-order valence-electron chi connectivity index (χ4n) is 3.05. The first-order valence-electron chi connectivity index (χ1n) is 9.44. The highest BCUT2D eigenvalue weighted by molar-refractivity contribution is 8.03. The molecule has 1 aliphatic heterocycles. The maximum atomic E-state index is 9.81. The van der Waals surface area contributed by atoms with E-state index in [0.29, 0.717) is 5.75 Å². The SMILES string of the molecule is CN(C)CCN1/C(=C/C=C/C=C/c2nc3ccccc3s2)Sc2cc(O)ccc21. The van der Waals surface area contributed by atoms with Gasteiger partial charge in [-0.2, -0.15) is 0 Å². The first-order valence-corrected chi connectivity index (χ1v) is 11.1. The van der Waals surface area contributed by atoms with Crippen LogP contribution >= 0.6 is 23.1 Å². The molecule has 4 rings (SSSR count). The van der Waals surface area contributed by atoms with E-state index in [4.69, 9.17) is 0 Å². The smallest absolute Gasteiger partial charge is 0.117 e. The number of benzene rings is 2. The Hall–Kier alpha value is -2.54. The summed E-state index contributed by atoms with van der Waals surface area (Å²) >= 11 is 3.39. The molecule has 148 valence electrons. The van der Waals surface area contributed by atoms with Gasteiger partial charge in [0.1, 0.15) is 10.8 Å². The molecule has 0 aliphatic carbocycles. The van der Waals surface area contributed by atoms with Crippen LogP contribution in [0, 0.1) is 0 Å². The normalized spacial score (nSPS) is 15.6. The Labute approximate surface area is 179 Å². The lowest BCUT2D eigenvalue weighted by Gasteiger charge is -2.22. The number of hydrogen-bond donors (Lipinski definition) is 1. The highest BCUT2D eigenvalue weighted by Gasteiger charge is 2.24. The van der Waals surface area contributed by atoms with E-state index in [9.17, 15) is 5.11 Å². The zero-order valence-electron chi connectivity index (χ0n) is 16.4. The third-order valence-corrected chi connectivity index (χ3v) is 6.61. The lowest BCUT2D eigenvalue weighted by molar-refractivity contribution is 0.418. The third-order valence-electron chi connectivity index (χ3n) is 4.50. The number of phenols is 1. The molecule has 1 aromatic heterocycles. The number of nitrogens with zero attached hydrogens (tertiary/aromatic N) is 3. The number of para-hydroxylation sites is 1. The monoisotopic (exact) mass is 421 g/mol. The first kappa shape index (κ1) is 19.8. The fourth-order valence-corrected chi connectivity index (χ4v) is 5.06. The van der Waals surface area contributed by atoms with Gasteiger partial charge in [-0.05, 0) is 56.6 Å². The van der Waals surface area contributed by atoms with Gasteiger partial charge in [0.15, 0.2) is 0 Å². The molecule has 0 atom stereocenters. The van der Waals surface area contributed by atoms with Crippen LogP contribution in [0.2, 0.25) is 0 Å². The molecular formula is C23H23N3OS2. The molecule has 0 saturated heterocycles. The number of likely N-dealkylation sites (N-methyl/N-ethyl adjacent to an activating group) is 1. The zero-order valence-corrected chi connectivity index (χ0v) is 18.1. The zero-order chi connectivity index (χ0) is 20.2. The molecule has 0 spiro atoms. The van der Waals surface area contributed by atoms with Crippen LogP contribution in [0.3, 0.4) is 0 Å². The number of aromatic nitrogens is 1. The molecule has 3 aromatic rings. The Morgan fingerprint density at radius 3 is 2.79 bits per heavy atom. The number of phenolic OH excluding ortho intramolecular Hbond substituents is 1. The molecule has 6 heteroatoms. The second kappa shape index (κ2) is 8.86. The van der Waals surface area contributed by atoms with Crippen LogP contribution in [0.25, 0.3) is 16.3 Å². The van der Waals surface area contributed by atoms with Crippen molar-refractivity contribution in [2.75, 3.05) is 32.1 Å². The lowest BCUT2D eigenvalue weighted by Crippen LogP contribution is -2.28. The molecule has 4 nitrogen and oxygen atoms in total. The summed E-state index contributed by atoms with van der Waals surface area (Å²) in [5.74, 6) is 0.305. The summed E-state index contributed by atoms with van der Waals surface area (Å²) in [5, 5.41) is 12.0. The number of fused-ring (bicyclic) bond motifs is 2. The molecule has 2 aromatic carbocycles. The van der Waals surface area contributed by atoms with Crippen molar-refractivity contribution < 1.29 is 5.11 Å². The van der Waals surface area contributed by atoms with Crippen LogP contribution in [-0.2, 0) is 0 Å². The number of rotatable bonds is 6. The van der Waals surface area contributed by atoms with Gasteiger partial charge in [-0.3, -0.25) is 0 Å². The van der Waals surface area contributed by atoms with Gasteiger partial charge in [0.2, 0.25) is 0 Å². The average molecular weight is 422 g/mol. The first-order chi connectivity index (χ1) is 14.1. The van der Waals surface area contributed by atoms with Crippen LogP contribution < -0.4 is 4.90 Å². The van der Waals surface area contributed by atoms with Crippen molar-refractivity contribution in [3.63, 3.8) is 0 Å². The molecule has 0 fully saturated rings. The molecule has 2 heterocycles. The van der Waals surface area contributed by atoms with E-state index in [0.717, 1.165) is 39.2 Å². The van der Waals surface area contributed by atoms with Crippen molar-refractivity contribution in [2.24, 2.45) is 0 Å². The number of anilines is 1. The van der Waals surface area contributed by atoms with Gasteiger partial charge < -0.3 is 14.9 Å². The summed E-state index contributed by atoms with van der Waals surface area (Å²) in [5.41, 5.74) is 2.20. The number of hydrogen-bond acceptors (Lipinski definition) is 6. The van der Waals surface area contributed by atoms with Gasteiger partial charge in [0.25, 0.3) is 0 Å². The Balaban J connectivity index is 1.48. The highest BCUT2D eigenvalue weighted by atomic mass is 32.2. The van der Waals surface area contributed by atoms with Crippen LogP contribution in [-0.4, -0.2) is 42.2 Å². The second-order valence-electron chi connectivity index (χ2n) is 6.98. The maximum absolute atomic E-state index is 9.81. The van der Waals surface area contributed by atoms with E-state index >= 15 is 0 Å². The van der Waals surface area contributed by atoms with E-state index in [1.807, 2.05) is 48.6 Å². The van der Waals surface area contributed by atoms with E-state index in [1.165, 1.54) is 4.70 Å². The summed E-state index contributed by atoms with van der Waals surface area (Å²) in [4.78, 5) is 10.2. The Kier molecular flexibility index (Phi) is 6.04. The van der Waals surface area contributed by atoms with Gasteiger partial charge in [-0.15, -0.1) is 11.3 Å². The molecule has 1 N–H and O–H groups in total. The van der Waals surface area contributed by atoms with Crippen molar-refractivity contribution in [3.05, 3.63) is 76.8 Å². The van der Waals surface area contributed by atoms with E-state index in [1.54, 1.807) is 29.2 Å². The molecule has 1 aliphatic rings. The number of aromatic hydroxyl groups is 1. The molecule has 0 amide bonds. The predicted molar refractivity (Wildman–Crippen MR) is 126 cm³/mol. The number of thiazole rings is 1. The van der Waals surface area contributed by atoms with Crippen molar-refractivity contribution in [3.8, 4) is 5.75 Å². The van der Waals surface area contributed by atoms with E-state index in [-0.39, 0.29) is 0 Å². The quantitative estimate of drug-likeness (QED) is 0.526. The van der Waals surface area contributed by atoms with Crippen molar-refractivity contribution in [2.45, 2.75) is 4.90 Å². The van der Waals surface area contributed by atoms with Gasteiger partial charge in [0, 0.05) is 18.0 Å². The summed E-state index contributed by atoms with van der Waals surface area (Å²) in [6, 6.07) is 13.8. The molecule has 0 bridgehead atoms. The summed E-state index contributed by atoms with van der Waals surface area (Å²) in [6.07, 6.45) is 10.3. The predicted octanol–water partition coefficient (Wildman–Crippen LogP) is 5.59. The number of allylic oxidation sites excluding steroid dienone is 4. The summed E-state index contributed by atoms with van der Waals surface area (Å²) in [7, 11) is 4.16. The van der Waals surface area contributed by atoms with E-state index < -0.39 is 0 Å². The summed E-state index contributed by atoms with van der Waals surface area (Å²) < 4.78 is 1.21. The van der Waals surface area contributed by atoms with Crippen molar-refractivity contribution in [1.29, 1.82) is 0 Å². The minimum Gasteiger partial charge on any atom is -0.508 e. The van der Waals surface area contributed by atoms with Crippen LogP contribution in [0.5, 0.6) is 5.75 Å². The van der Waals surface area contributed by atoms with Crippen molar-refractivity contribution >= 4 is 45.1 Å². The average Bonchev–Trinajstić information content (AvgIpc) is 3.26. The molecule has 0 unspecified atom stereocenters. The van der Waals surface area contributed by atoms with E-state index in [2.05, 4.69) is 47.1 Å². The van der Waals surface area contributed by atoms with Crippen LogP contribution in [0.4, 0.5) is 5.69 Å². The van der Waals surface area contributed by atoms with Gasteiger partial charge in [-0.25, -0.2) is 4.98 Å². The molecule has 0 saturated carbocycles. The molecule has 0 radical (unpaired) electrons. The maximum Gasteiger partial charge on any atom is 0.117 e. The van der Waals surface area contributed by atoms with Crippen molar-refractivity contribution in [1.82, 2.24) is 9.88 Å². The Morgan fingerprint density at radius 1 is 1.10 bits per heavy atom. The molecule has 29 heavy (non-hydrogen) atoms. The third kappa shape index (κ3) is 4.72. The standard InChI is InChI=1S/C23H23N3OS2/c1-25(2)14-15-26-19-13-12-17(27)16-21(19)29-23(26)11-5-3-4-10-22-24-18-8-6-7-9-20(18)28-22/h3-13,16,27H,14-15H2,1-2H3/b5-3+,10-4+,23-11-.